The second-order valence-corrected chi connectivity index (χ2v) is 4.50. The van der Waals surface area contributed by atoms with E-state index in [-0.39, 0.29) is 5.71 Å². The highest BCUT2D eigenvalue weighted by molar-refractivity contribution is 7.97. The molecule has 1 heterocycles. The molecule has 13 heavy (non-hydrogen) atoms. The fraction of sp³-hybridized carbons (Fsp3) is 0.714. The first-order valence-corrected chi connectivity index (χ1v) is 5.79. The summed E-state index contributed by atoms with van der Waals surface area (Å²) in [6.45, 7) is 2.09. The number of alkyl halides is 2. The summed E-state index contributed by atoms with van der Waals surface area (Å²) in [5.41, 5.74) is -0.813. The van der Waals surface area contributed by atoms with E-state index in [1.807, 2.05) is 0 Å². The predicted octanol–water partition coefficient (Wildman–Crippen LogP) is 2.54. The zero-order valence-corrected chi connectivity index (χ0v) is 9.53. The van der Waals surface area contributed by atoms with Gasteiger partial charge in [-0.2, -0.15) is 0 Å². The highest BCUT2D eigenvalue weighted by Crippen LogP contribution is 2.23. The molecule has 0 aromatic carbocycles. The van der Waals surface area contributed by atoms with Gasteiger partial charge < -0.3 is 5.41 Å². The number of hydrogen-bond donors (Lipinski definition) is 1. The van der Waals surface area contributed by atoms with Crippen molar-refractivity contribution >= 4 is 47.2 Å². The molecule has 2 atom stereocenters. The van der Waals surface area contributed by atoms with E-state index in [0.717, 1.165) is 12.2 Å². The normalized spacial score (nSPS) is 28.2. The molecule has 6 heteroatoms. The monoisotopic (exact) mass is 239 g/mol. The summed E-state index contributed by atoms with van der Waals surface area (Å²) in [6.07, 6.45) is 2.67. The minimum absolute atomic E-state index is 0.245. The maximum atomic E-state index is 7.53. The average molecular weight is 240 g/mol. The van der Waals surface area contributed by atoms with Crippen LogP contribution >= 0.6 is 35.1 Å². The molecule has 0 amide bonds. The van der Waals surface area contributed by atoms with Crippen molar-refractivity contribution in [3.8, 4) is 0 Å². The van der Waals surface area contributed by atoms with Crippen molar-refractivity contribution in [2.45, 2.75) is 24.3 Å². The van der Waals surface area contributed by atoms with Gasteiger partial charge in [0.1, 0.15) is 0 Å². The number of rotatable bonds is 3. The number of aliphatic imine (C=N–C) groups is 1. The van der Waals surface area contributed by atoms with Crippen molar-refractivity contribution in [2.24, 2.45) is 4.99 Å². The number of nitrogens with one attached hydrogen (secondary N) is 1. The van der Waals surface area contributed by atoms with E-state index >= 15 is 0 Å². The lowest BCUT2D eigenvalue weighted by Gasteiger charge is -2.28. The molecule has 0 radical (unpaired) electrons. The van der Waals surface area contributed by atoms with Gasteiger partial charge in [-0.15, -0.1) is 0 Å². The zero-order chi connectivity index (χ0) is 9.84. The average Bonchev–Trinajstić information content (AvgIpc) is 2.13. The van der Waals surface area contributed by atoms with Gasteiger partial charge in [-0.25, -0.2) is 4.99 Å². The van der Waals surface area contributed by atoms with Crippen LogP contribution in [-0.4, -0.2) is 33.1 Å². The Morgan fingerprint density at radius 2 is 2.38 bits per heavy atom. The summed E-state index contributed by atoms with van der Waals surface area (Å²) in [5, 5.41) is 7.53. The van der Waals surface area contributed by atoms with E-state index in [1.165, 1.54) is 0 Å². The fourth-order valence-corrected chi connectivity index (χ4v) is 2.14. The molecule has 0 spiro atoms. The van der Waals surface area contributed by atoms with Crippen molar-refractivity contribution in [1.29, 1.82) is 5.41 Å². The largest absolute Gasteiger partial charge is 0.303 e. The third-order valence-corrected chi connectivity index (χ3v) is 3.60. The van der Waals surface area contributed by atoms with Crippen molar-refractivity contribution in [3.63, 3.8) is 0 Å². The van der Waals surface area contributed by atoms with Crippen LogP contribution in [-0.2, 0) is 0 Å². The fourth-order valence-electron chi connectivity index (χ4n) is 0.809. The Labute approximate surface area is 92.1 Å². The summed E-state index contributed by atoms with van der Waals surface area (Å²) in [4.78, 5) is 3.93. The lowest BCUT2D eigenvalue weighted by molar-refractivity contribution is 0.708. The summed E-state index contributed by atoms with van der Waals surface area (Å²) >= 11 is 13.3. The Morgan fingerprint density at radius 1 is 1.69 bits per heavy atom. The van der Waals surface area contributed by atoms with Crippen LogP contribution in [0.1, 0.15) is 13.3 Å². The highest BCUT2D eigenvalue weighted by atomic mass is 35.5. The van der Waals surface area contributed by atoms with Crippen molar-refractivity contribution in [1.82, 2.24) is 4.31 Å². The molecule has 74 valence electrons. The first-order valence-electron chi connectivity index (χ1n) is 3.97. The third-order valence-electron chi connectivity index (χ3n) is 1.49. The zero-order valence-electron chi connectivity index (χ0n) is 7.20. The Kier molecular flexibility index (Phi) is 4.35. The highest BCUT2D eigenvalue weighted by Gasteiger charge is 2.27. The van der Waals surface area contributed by atoms with Crippen molar-refractivity contribution < 1.29 is 0 Å². The SMILES string of the molecule is CCCSN1C=NC(Cl)C(=N)C1Cl. The summed E-state index contributed by atoms with van der Waals surface area (Å²) in [5.74, 6) is 0.968. The van der Waals surface area contributed by atoms with Gasteiger partial charge in [0.15, 0.2) is 11.0 Å². The van der Waals surface area contributed by atoms with Crippen molar-refractivity contribution in [3.05, 3.63) is 0 Å². The van der Waals surface area contributed by atoms with Gasteiger partial charge in [0.05, 0.1) is 12.1 Å². The van der Waals surface area contributed by atoms with Gasteiger partial charge in [-0.1, -0.05) is 30.1 Å². The molecule has 2 unspecified atom stereocenters. The second-order valence-electron chi connectivity index (χ2n) is 2.58. The van der Waals surface area contributed by atoms with Crippen molar-refractivity contribution in [2.75, 3.05) is 5.75 Å². The van der Waals surface area contributed by atoms with Crippen LogP contribution in [0.4, 0.5) is 0 Å². The van der Waals surface area contributed by atoms with E-state index in [9.17, 15) is 0 Å². The quantitative estimate of drug-likeness (QED) is 0.467. The van der Waals surface area contributed by atoms with Crippen LogP contribution in [0.3, 0.4) is 0 Å². The van der Waals surface area contributed by atoms with Gasteiger partial charge in [-0.3, -0.25) is 4.31 Å². The number of hydrogen-bond acceptors (Lipinski definition) is 4. The van der Waals surface area contributed by atoms with Crippen LogP contribution in [0, 0.1) is 5.41 Å². The molecule has 0 saturated heterocycles. The molecule has 1 aliphatic heterocycles. The number of halogens is 2. The summed E-state index contributed by atoms with van der Waals surface area (Å²) in [7, 11) is 0. The Bertz CT molecular complexity index is 222. The second kappa shape index (κ2) is 5.08. The Morgan fingerprint density at radius 3 is 3.00 bits per heavy atom. The Hall–Kier alpha value is 0.0700. The molecule has 0 bridgehead atoms. The maximum absolute atomic E-state index is 7.53. The maximum Gasteiger partial charge on any atom is 0.166 e. The molecule has 1 aliphatic rings. The van der Waals surface area contributed by atoms with E-state index in [4.69, 9.17) is 28.6 Å². The molecule has 1 N–H and O–H groups in total. The van der Waals surface area contributed by atoms with Gasteiger partial charge in [0.2, 0.25) is 0 Å². The smallest absolute Gasteiger partial charge is 0.166 e. The molecule has 0 aliphatic carbocycles. The minimum atomic E-state index is -0.596. The molecular weight excluding hydrogens is 229 g/mol. The van der Waals surface area contributed by atoms with E-state index < -0.39 is 11.0 Å². The topological polar surface area (TPSA) is 39.5 Å². The van der Waals surface area contributed by atoms with Gasteiger partial charge in [0.25, 0.3) is 0 Å². The third kappa shape index (κ3) is 2.76. The minimum Gasteiger partial charge on any atom is -0.303 e. The lowest BCUT2D eigenvalue weighted by Crippen LogP contribution is -2.39. The summed E-state index contributed by atoms with van der Waals surface area (Å²) < 4.78 is 1.76. The van der Waals surface area contributed by atoms with Gasteiger partial charge in [-0.05, 0) is 18.4 Å². The lowest BCUT2D eigenvalue weighted by atomic mass is 10.3. The molecular formula is C7H11Cl2N3S. The van der Waals surface area contributed by atoms with Crippen LogP contribution in [0.2, 0.25) is 0 Å². The van der Waals surface area contributed by atoms with Crippen LogP contribution in [0.25, 0.3) is 0 Å². The van der Waals surface area contributed by atoms with E-state index in [1.54, 1.807) is 22.6 Å². The van der Waals surface area contributed by atoms with Crippen LogP contribution < -0.4 is 0 Å². The van der Waals surface area contributed by atoms with Crippen LogP contribution in [0.5, 0.6) is 0 Å². The molecule has 0 aromatic rings. The van der Waals surface area contributed by atoms with Gasteiger partial charge in [0, 0.05) is 5.75 Å². The van der Waals surface area contributed by atoms with Crippen LogP contribution in [0.15, 0.2) is 4.99 Å². The van der Waals surface area contributed by atoms with E-state index in [0.29, 0.717) is 0 Å². The molecule has 0 fully saturated rings. The van der Waals surface area contributed by atoms with E-state index in [2.05, 4.69) is 11.9 Å². The standard InChI is InChI=1S/C7H11Cl2N3S/c1-2-3-13-12-4-11-6(8)5(10)7(12)9/h4,6-7,10H,2-3H2,1H3. The Balaban J connectivity index is 2.56. The first kappa shape index (κ1) is 11.1. The molecule has 3 nitrogen and oxygen atoms in total. The van der Waals surface area contributed by atoms with Gasteiger partial charge >= 0.3 is 0 Å². The molecule has 0 aromatic heterocycles. The first-order chi connectivity index (χ1) is 6.16. The molecule has 1 rings (SSSR count). The summed E-state index contributed by atoms with van der Waals surface area (Å²) in [6, 6.07) is 0. The number of nitrogens with zero attached hydrogens (tertiary/aromatic N) is 2. The molecule has 0 saturated carbocycles. The predicted molar refractivity (Wildman–Crippen MR) is 60.1 cm³/mol.